The number of hydrogen-bond acceptors (Lipinski definition) is 5. The number of rotatable bonds is 11. The van der Waals surface area contributed by atoms with Crippen LogP contribution in [0.25, 0.3) is 0 Å². The Morgan fingerprint density at radius 3 is 2.69 bits per heavy atom. The molecule has 0 aromatic heterocycles. The number of unbranched alkanes of at least 4 members (excludes halogenated alkanes) is 1. The van der Waals surface area contributed by atoms with Crippen molar-refractivity contribution in [2.24, 2.45) is 0 Å². The van der Waals surface area contributed by atoms with Crippen molar-refractivity contribution in [2.75, 3.05) is 20.7 Å². The lowest BCUT2D eigenvalue weighted by Crippen LogP contribution is -2.24. The molecule has 0 bridgehead atoms. The van der Waals surface area contributed by atoms with Gasteiger partial charge >= 0.3 is 0 Å². The minimum Gasteiger partial charge on any atom is -0.497 e. The molecule has 0 aliphatic rings. The van der Waals surface area contributed by atoms with Gasteiger partial charge in [0.25, 0.3) is 0 Å². The molecule has 0 saturated carbocycles. The first-order chi connectivity index (χ1) is 13.9. The largest absolute Gasteiger partial charge is 0.497 e. The Kier molecular flexibility index (Phi) is 10.3. The Balaban J connectivity index is 3.35. The molecule has 5 heteroatoms. The van der Waals surface area contributed by atoms with Crippen molar-refractivity contribution >= 4 is 11.8 Å². The van der Waals surface area contributed by atoms with Gasteiger partial charge in [0.05, 0.1) is 17.7 Å². The quantitative estimate of drug-likeness (QED) is 0.229. The molecule has 1 rings (SSSR count). The second-order valence-electron chi connectivity index (χ2n) is 6.22. The summed E-state index contributed by atoms with van der Waals surface area (Å²) >= 11 is 1.44. The molecule has 0 fully saturated rings. The van der Waals surface area contributed by atoms with Crippen LogP contribution in [-0.2, 0) is 0 Å². The second-order valence-corrected chi connectivity index (χ2v) is 7.33. The lowest BCUT2D eigenvalue weighted by molar-refractivity contribution is 0.413. The van der Waals surface area contributed by atoms with E-state index >= 15 is 0 Å². The normalized spacial score (nSPS) is 11.6. The van der Waals surface area contributed by atoms with Crippen LogP contribution in [0.1, 0.15) is 32.3 Å². The monoisotopic (exact) mass is 407 g/mol. The highest BCUT2D eigenvalue weighted by Crippen LogP contribution is 2.36. The number of nitrogens with zero attached hydrogens (tertiary/aromatic N) is 2. The second kappa shape index (κ2) is 12.4. The molecule has 0 unspecified atom stereocenters. The highest BCUT2D eigenvalue weighted by atomic mass is 32.2. The number of terminal acetylenes is 1. The van der Waals surface area contributed by atoms with Gasteiger partial charge in [0.2, 0.25) is 0 Å². The lowest BCUT2D eigenvalue weighted by Gasteiger charge is -2.30. The van der Waals surface area contributed by atoms with Gasteiger partial charge in [0, 0.05) is 36.3 Å². The molecule has 0 heterocycles. The van der Waals surface area contributed by atoms with Crippen LogP contribution in [0.4, 0.5) is 0 Å². The summed E-state index contributed by atoms with van der Waals surface area (Å²) in [6.07, 6.45) is 10.7. The van der Waals surface area contributed by atoms with Crippen LogP contribution < -0.4 is 10.1 Å². The van der Waals surface area contributed by atoms with Gasteiger partial charge in [-0.1, -0.05) is 31.0 Å². The fourth-order valence-corrected chi connectivity index (χ4v) is 3.57. The van der Waals surface area contributed by atoms with Crippen molar-refractivity contribution < 1.29 is 4.74 Å². The first-order valence-corrected chi connectivity index (χ1v) is 10.1. The van der Waals surface area contributed by atoms with E-state index in [0.29, 0.717) is 24.3 Å². The number of methoxy groups -OCH3 is 1. The maximum Gasteiger partial charge on any atom is 0.120 e. The van der Waals surface area contributed by atoms with E-state index in [1.807, 2.05) is 26.1 Å². The molecular formula is C24H29N3OS. The van der Waals surface area contributed by atoms with Crippen molar-refractivity contribution in [2.45, 2.75) is 31.6 Å². The van der Waals surface area contributed by atoms with Crippen LogP contribution in [0.15, 0.2) is 70.4 Å². The summed E-state index contributed by atoms with van der Waals surface area (Å²) < 4.78 is 5.32. The molecule has 1 aromatic carbocycles. The minimum atomic E-state index is 0.577. The highest BCUT2D eigenvalue weighted by Gasteiger charge is 2.18. The van der Waals surface area contributed by atoms with Gasteiger partial charge in [-0.2, -0.15) is 5.26 Å². The molecule has 0 amide bonds. The molecule has 29 heavy (non-hydrogen) atoms. The standard InChI is InChI=1S/C24H29N3OS/c1-8-10-11-15-27(23(12-9-2)18(3)19(4)26-6)20(5)29-24-16-22(28-7)14-13-21(24)17-25/h1,9,12-14,16,26H,2,5,10-11,15H2,3-4,6-7H3/b19-18+,23-12+. The summed E-state index contributed by atoms with van der Waals surface area (Å²) in [5, 5.41) is 13.5. The van der Waals surface area contributed by atoms with Gasteiger partial charge < -0.3 is 15.0 Å². The Morgan fingerprint density at radius 2 is 2.14 bits per heavy atom. The Labute approximate surface area is 179 Å². The Morgan fingerprint density at radius 1 is 1.41 bits per heavy atom. The first-order valence-electron chi connectivity index (χ1n) is 9.27. The SMILES string of the molecule is C#CCCCN(C(=C)Sc1cc(OC)ccc1C#N)C(=C/C=C)/C(C)=C(\C)NC. The van der Waals surface area contributed by atoms with Crippen molar-refractivity contribution in [1.82, 2.24) is 10.2 Å². The van der Waals surface area contributed by atoms with Gasteiger partial charge in [0.15, 0.2) is 0 Å². The molecule has 0 spiro atoms. The van der Waals surface area contributed by atoms with Crippen molar-refractivity contribution in [1.29, 1.82) is 5.26 Å². The lowest BCUT2D eigenvalue weighted by atomic mass is 10.1. The van der Waals surface area contributed by atoms with E-state index in [1.165, 1.54) is 11.8 Å². The summed E-state index contributed by atoms with van der Waals surface area (Å²) in [6.45, 7) is 13.0. The third-order valence-corrected chi connectivity index (χ3v) is 5.44. The first kappa shape index (κ1) is 24.0. The summed E-state index contributed by atoms with van der Waals surface area (Å²) in [7, 11) is 3.50. The van der Waals surface area contributed by atoms with Crippen molar-refractivity contribution in [3.05, 3.63) is 71.1 Å². The number of allylic oxidation sites excluding steroid dienone is 4. The summed E-state index contributed by atoms with van der Waals surface area (Å²) in [5.74, 6) is 3.39. The minimum absolute atomic E-state index is 0.577. The molecule has 0 aliphatic heterocycles. The van der Waals surface area contributed by atoms with E-state index < -0.39 is 0 Å². The van der Waals surface area contributed by atoms with Crippen molar-refractivity contribution in [3.8, 4) is 24.2 Å². The van der Waals surface area contributed by atoms with Crippen LogP contribution in [-0.4, -0.2) is 25.6 Å². The fraction of sp³-hybridized carbons (Fsp3) is 0.292. The van der Waals surface area contributed by atoms with E-state index in [1.54, 1.807) is 25.3 Å². The van der Waals surface area contributed by atoms with Gasteiger partial charge in [-0.3, -0.25) is 0 Å². The zero-order chi connectivity index (χ0) is 21.8. The predicted octanol–water partition coefficient (Wildman–Crippen LogP) is 5.43. The van der Waals surface area contributed by atoms with Crippen LogP contribution in [0.2, 0.25) is 0 Å². The van der Waals surface area contributed by atoms with E-state index in [2.05, 4.69) is 42.3 Å². The smallest absolute Gasteiger partial charge is 0.120 e. The maximum absolute atomic E-state index is 9.48. The molecular weight excluding hydrogens is 378 g/mol. The van der Waals surface area contributed by atoms with E-state index in [4.69, 9.17) is 11.2 Å². The molecule has 0 aliphatic carbocycles. The average Bonchev–Trinajstić information content (AvgIpc) is 2.74. The average molecular weight is 408 g/mol. The molecule has 0 atom stereocenters. The molecule has 152 valence electrons. The molecule has 1 aromatic rings. The number of nitrogens with one attached hydrogen (secondary N) is 1. The number of thioether (sulfide) groups is 1. The van der Waals surface area contributed by atoms with Gasteiger partial charge in [-0.05, 0) is 50.1 Å². The summed E-state index contributed by atoms with van der Waals surface area (Å²) in [4.78, 5) is 2.92. The zero-order valence-corrected chi connectivity index (χ0v) is 18.5. The Bertz CT molecular complexity index is 884. The molecule has 4 nitrogen and oxygen atoms in total. The third kappa shape index (κ3) is 6.82. The fourth-order valence-electron chi connectivity index (χ4n) is 2.62. The molecule has 0 saturated heterocycles. The van der Waals surface area contributed by atoms with Crippen LogP contribution in [0.3, 0.4) is 0 Å². The van der Waals surface area contributed by atoms with E-state index in [0.717, 1.165) is 33.3 Å². The third-order valence-electron chi connectivity index (χ3n) is 4.43. The van der Waals surface area contributed by atoms with Crippen molar-refractivity contribution in [3.63, 3.8) is 0 Å². The molecule has 0 radical (unpaired) electrons. The topological polar surface area (TPSA) is 48.3 Å². The van der Waals surface area contributed by atoms with Crippen LogP contribution in [0, 0.1) is 23.7 Å². The summed E-state index contributed by atoms with van der Waals surface area (Å²) in [5.41, 5.74) is 3.70. The number of benzene rings is 1. The van der Waals surface area contributed by atoms with Gasteiger partial charge in [0.1, 0.15) is 11.8 Å². The van der Waals surface area contributed by atoms with Crippen LogP contribution in [0.5, 0.6) is 5.75 Å². The highest BCUT2D eigenvalue weighted by molar-refractivity contribution is 8.03. The maximum atomic E-state index is 9.48. The Hall–Kier alpha value is -3.02. The number of hydrogen-bond donors (Lipinski definition) is 1. The van der Waals surface area contributed by atoms with E-state index in [-0.39, 0.29) is 0 Å². The summed E-state index contributed by atoms with van der Waals surface area (Å²) in [6, 6.07) is 7.63. The predicted molar refractivity (Wildman–Crippen MR) is 123 cm³/mol. The van der Waals surface area contributed by atoms with Gasteiger partial charge in [-0.25, -0.2) is 0 Å². The van der Waals surface area contributed by atoms with Gasteiger partial charge in [-0.15, -0.1) is 12.3 Å². The van der Waals surface area contributed by atoms with Crippen LogP contribution >= 0.6 is 11.8 Å². The number of nitriles is 1. The number of ether oxygens (including phenoxy) is 1. The molecule has 1 N–H and O–H groups in total. The van der Waals surface area contributed by atoms with E-state index in [9.17, 15) is 5.26 Å². The zero-order valence-electron chi connectivity index (χ0n) is 17.7.